The Hall–Kier alpha value is -3.22. The lowest BCUT2D eigenvalue weighted by Crippen LogP contribution is -2.49. The zero-order chi connectivity index (χ0) is 19.7. The number of rotatable bonds is 3. The van der Waals surface area contributed by atoms with Crippen LogP contribution in [0.3, 0.4) is 0 Å². The molecule has 0 radical (unpaired) electrons. The fraction of sp³-hybridized carbons (Fsp3) is 0.238. The van der Waals surface area contributed by atoms with Gasteiger partial charge < -0.3 is 14.3 Å². The molecule has 0 unspecified atom stereocenters. The zero-order valence-electron chi connectivity index (χ0n) is 15.4. The Kier molecular flexibility index (Phi) is 4.81. The molecule has 1 amide bonds. The smallest absolute Gasteiger partial charge is 0.259 e. The average molecular weight is 383 g/mol. The molecule has 0 aliphatic carbocycles. The molecule has 144 valence electrons. The van der Waals surface area contributed by atoms with E-state index < -0.39 is 5.82 Å². The summed E-state index contributed by atoms with van der Waals surface area (Å²) in [5, 5.41) is 3.91. The highest BCUT2D eigenvalue weighted by molar-refractivity contribution is 6.01. The molecule has 28 heavy (non-hydrogen) atoms. The van der Waals surface area contributed by atoms with Crippen LogP contribution in [-0.2, 0) is 0 Å². The molecule has 0 N–H and O–H groups in total. The Morgan fingerprint density at radius 1 is 0.964 bits per heavy atom. The molecule has 0 atom stereocenters. The van der Waals surface area contributed by atoms with Crippen LogP contribution in [0.4, 0.5) is 14.5 Å². The van der Waals surface area contributed by atoms with Crippen molar-refractivity contribution in [2.45, 2.75) is 6.92 Å². The van der Waals surface area contributed by atoms with E-state index in [1.165, 1.54) is 12.1 Å². The molecule has 0 bridgehead atoms. The van der Waals surface area contributed by atoms with Crippen LogP contribution in [0.5, 0.6) is 0 Å². The van der Waals surface area contributed by atoms with Crippen molar-refractivity contribution in [2.75, 3.05) is 31.1 Å². The highest BCUT2D eigenvalue weighted by Crippen LogP contribution is 2.29. The zero-order valence-corrected chi connectivity index (χ0v) is 15.4. The van der Waals surface area contributed by atoms with E-state index >= 15 is 0 Å². The third-order valence-electron chi connectivity index (χ3n) is 4.97. The Bertz CT molecular complexity index is 1010. The fourth-order valence-corrected chi connectivity index (χ4v) is 3.48. The Morgan fingerprint density at radius 3 is 2.29 bits per heavy atom. The molecule has 1 saturated heterocycles. The molecule has 1 fully saturated rings. The number of benzene rings is 2. The molecule has 7 heteroatoms. The first-order chi connectivity index (χ1) is 13.6. The van der Waals surface area contributed by atoms with Gasteiger partial charge in [0.25, 0.3) is 5.91 Å². The van der Waals surface area contributed by atoms with Crippen LogP contribution in [0.15, 0.2) is 53.1 Å². The average Bonchev–Trinajstić information content (AvgIpc) is 3.09. The van der Waals surface area contributed by atoms with Crippen molar-refractivity contribution in [3.05, 3.63) is 71.5 Å². The van der Waals surface area contributed by atoms with Gasteiger partial charge in [0, 0.05) is 31.7 Å². The molecule has 0 spiro atoms. The number of aryl methyl sites for hydroxylation is 1. The van der Waals surface area contributed by atoms with Crippen LogP contribution < -0.4 is 4.90 Å². The topological polar surface area (TPSA) is 49.6 Å². The quantitative estimate of drug-likeness (QED) is 0.689. The van der Waals surface area contributed by atoms with Gasteiger partial charge in [-0.15, -0.1) is 0 Å². The molecule has 0 saturated carbocycles. The van der Waals surface area contributed by atoms with E-state index in [0.717, 1.165) is 0 Å². The third kappa shape index (κ3) is 3.24. The largest absolute Gasteiger partial charge is 0.366 e. The van der Waals surface area contributed by atoms with Crippen molar-refractivity contribution in [1.29, 1.82) is 0 Å². The summed E-state index contributed by atoms with van der Waals surface area (Å²) in [5.41, 5.74) is 1.23. The summed E-state index contributed by atoms with van der Waals surface area (Å²) in [5.74, 6) is -0.654. The number of halogens is 2. The summed E-state index contributed by atoms with van der Waals surface area (Å²) in [6.45, 7) is 3.50. The highest BCUT2D eigenvalue weighted by Gasteiger charge is 2.30. The van der Waals surface area contributed by atoms with Crippen LogP contribution in [0.2, 0.25) is 0 Å². The normalized spacial score (nSPS) is 14.4. The lowest BCUT2D eigenvalue weighted by Gasteiger charge is -2.36. The van der Waals surface area contributed by atoms with E-state index in [9.17, 15) is 13.6 Å². The van der Waals surface area contributed by atoms with Crippen molar-refractivity contribution in [1.82, 2.24) is 10.1 Å². The van der Waals surface area contributed by atoms with Crippen LogP contribution in [0.1, 0.15) is 16.1 Å². The second-order valence-corrected chi connectivity index (χ2v) is 6.67. The predicted molar refractivity (Wildman–Crippen MR) is 101 cm³/mol. The van der Waals surface area contributed by atoms with Crippen LogP contribution in [-0.4, -0.2) is 42.1 Å². The lowest BCUT2D eigenvalue weighted by atomic mass is 10.0. The summed E-state index contributed by atoms with van der Waals surface area (Å²) in [6.07, 6.45) is 0. The molecule has 4 rings (SSSR count). The second kappa shape index (κ2) is 7.42. The van der Waals surface area contributed by atoms with Gasteiger partial charge in [0.2, 0.25) is 0 Å². The predicted octanol–water partition coefficient (Wildman–Crippen LogP) is 3.89. The molecule has 2 heterocycles. The van der Waals surface area contributed by atoms with Crippen LogP contribution >= 0.6 is 0 Å². The van der Waals surface area contributed by atoms with Crippen molar-refractivity contribution >= 4 is 11.6 Å². The lowest BCUT2D eigenvalue weighted by molar-refractivity contribution is 0.0745. The Labute approximate surface area is 161 Å². The minimum absolute atomic E-state index is 0.206. The Morgan fingerprint density at radius 2 is 1.61 bits per heavy atom. The molecule has 3 aromatic rings. The molecule has 1 aliphatic heterocycles. The van der Waals surface area contributed by atoms with Crippen molar-refractivity contribution < 1.29 is 18.1 Å². The highest BCUT2D eigenvalue weighted by atomic mass is 19.1. The Balaban J connectivity index is 1.55. The fourth-order valence-electron chi connectivity index (χ4n) is 3.48. The van der Waals surface area contributed by atoms with Gasteiger partial charge in [0.05, 0.1) is 5.69 Å². The number of carbonyl (C=O) groups excluding carboxylic acids is 1. The van der Waals surface area contributed by atoms with Gasteiger partial charge in [0.15, 0.2) is 0 Å². The number of hydrogen-bond acceptors (Lipinski definition) is 4. The van der Waals surface area contributed by atoms with Crippen molar-refractivity contribution in [2.24, 2.45) is 0 Å². The molecular formula is C21H19F2N3O2. The first-order valence-corrected chi connectivity index (χ1v) is 9.06. The van der Waals surface area contributed by atoms with E-state index in [2.05, 4.69) is 5.16 Å². The number of para-hydroxylation sites is 1. The number of hydrogen-bond donors (Lipinski definition) is 0. The SMILES string of the molecule is Cc1onc(-c2ccccc2F)c1C(=O)N1CCN(c2ccccc2F)CC1. The summed E-state index contributed by atoms with van der Waals surface area (Å²) < 4.78 is 33.4. The van der Waals surface area contributed by atoms with Crippen LogP contribution in [0.25, 0.3) is 11.3 Å². The standard InChI is InChI=1S/C21H19F2N3O2/c1-14-19(20(24-28-14)15-6-2-3-7-16(15)22)21(27)26-12-10-25(11-13-26)18-9-5-4-8-17(18)23/h2-9H,10-13H2,1H3. The van der Waals surface area contributed by atoms with E-state index in [1.54, 1.807) is 48.2 Å². The molecule has 5 nitrogen and oxygen atoms in total. The molecular weight excluding hydrogens is 364 g/mol. The number of anilines is 1. The van der Waals surface area contributed by atoms with Gasteiger partial charge in [-0.2, -0.15) is 0 Å². The first kappa shape index (κ1) is 18.2. The monoisotopic (exact) mass is 383 g/mol. The molecule has 2 aromatic carbocycles. The van der Waals surface area contributed by atoms with Gasteiger partial charge >= 0.3 is 0 Å². The van der Waals surface area contributed by atoms with Gasteiger partial charge in [-0.05, 0) is 31.2 Å². The molecule has 1 aromatic heterocycles. The summed E-state index contributed by atoms with van der Waals surface area (Å²) in [7, 11) is 0. The van der Waals surface area contributed by atoms with E-state index in [1.807, 2.05) is 4.90 Å². The van der Waals surface area contributed by atoms with E-state index in [4.69, 9.17) is 4.52 Å². The minimum Gasteiger partial charge on any atom is -0.366 e. The maximum absolute atomic E-state index is 14.2. The number of nitrogens with zero attached hydrogens (tertiary/aromatic N) is 3. The van der Waals surface area contributed by atoms with Crippen molar-refractivity contribution in [3.63, 3.8) is 0 Å². The summed E-state index contributed by atoms with van der Waals surface area (Å²) >= 11 is 0. The first-order valence-electron chi connectivity index (χ1n) is 9.06. The van der Waals surface area contributed by atoms with Gasteiger partial charge in [-0.3, -0.25) is 4.79 Å². The third-order valence-corrected chi connectivity index (χ3v) is 4.97. The maximum atomic E-state index is 14.2. The van der Waals surface area contributed by atoms with Gasteiger partial charge in [0.1, 0.15) is 28.7 Å². The van der Waals surface area contributed by atoms with Gasteiger partial charge in [-0.1, -0.05) is 29.4 Å². The van der Waals surface area contributed by atoms with Gasteiger partial charge in [-0.25, -0.2) is 8.78 Å². The number of aromatic nitrogens is 1. The van der Waals surface area contributed by atoms with Crippen molar-refractivity contribution in [3.8, 4) is 11.3 Å². The van der Waals surface area contributed by atoms with Crippen LogP contribution in [0, 0.1) is 18.6 Å². The summed E-state index contributed by atoms with van der Waals surface area (Å²) in [6, 6.07) is 12.7. The van der Waals surface area contributed by atoms with E-state index in [0.29, 0.717) is 37.6 Å². The number of piperazine rings is 1. The second-order valence-electron chi connectivity index (χ2n) is 6.67. The number of amides is 1. The van der Waals surface area contributed by atoms with E-state index in [-0.39, 0.29) is 28.5 Å². The summed E-state index contributed by atoms with van der Waals surface area (Å²) in [4.78, 5) is 16.7. The maximum Gasteiger partial charge on any atom is 0.259 e. The number of carbonyl (C=O) groups is 1. The minimum atomic E-state index is -0.464. The molecule has 1 aliphatic rings.